The lowest BCUT2D eigenvalue weighted by atomic mass is 10.1. The molecule has 0 amide bonds. The van der Waals surface area contributed by atoms with E-state index in [0.29, 0.717) is 0 Å². The first-order chi connectivity index (χ1) is 7.68. The number of nitrogens with one attached hydrogen (secondary N) is 1. The zero-order valence-electron chi connectivity index (χ0n) is 9.37. The van der Waals surface area contributed by atoms with Gasteiger partial charge in [-0.15, -0.1) is 0 Å². The highest BCUT2D eigenvalue weighted by Crippen LogP contribution is 2.25. The molecule has 4 nitrogen and oxygen atoms in total. The summed E-state index contributed by atoms with van der Waals surface area (Å²) in [5.74, 6) is 0. The number of aliphatic hydroxyl groups is 1. The number of hydrogen-bond acceptors (Lipinski definition) is 3. The van der Waals surface area contributed by atoms with Gasteiger partial charge in [0, 0.05) is 5.02 Å². The molecule has 0 aromatic heterocycles. The van der Waals surface area contributed by atoms with Crippen molar-refractivity contribution in [3.05, 3.63) is 28.2 Å². The lowest BCUT2D eigenvalue weighted by Crippen LogP contribution is -2.46. The van der Waals surface area contributed by atoms with E-state index in [-0.39, 0.29) is 21.5 Å². The molecule has 0 bridgehead atoms. The number of sulfonamides is 1. The number of benzene rings is 1. The Balaban J connectivity index is 3.18. The van der Waals surface area contributed by atoms with Crippen LogP contribution in [0, 0.1) is 0 Å². The van der Waals surface area contributed by atoms with Crippen molar-refractivity contribution in [2.75, 3.05) is 6.61 Å². The van der Waals surface area contributed by atoms with Crippen LogP contribution in [0.15, 0.2) is 23.1 Å². The minimum Gasteiger partial charge on any atom is -0.394 e. The zero-order valence-corrected chi connectivity index (χ0v) is 11.7. The topological polar surface area (TPSA) is 66.4 Å². The first-order valence-corrected chi connectivity index (χ1v) is 7.02. The maximum atomic E-state index is 12.0. The largest absolute Gasteiger partial charge is 0.394 e. The van der Waals surface area contributed by atoms with E-state index in [4.69, 9.17) is 28.3 Å². The minimum absolute atomic E-state index is 0.0793. The molecule has 1 rings (SSSR count). The molecular weight excluding hydrogens is 285 g/mol. The second-order valence-electron chi connectivity index (χ2n) is 4.22. The van der Waals surface area contributed by atoms with Crippen molar-refractivity contribution in [3.8, 4) is 0 Å². The third-order valence-corrected chi connectivity index (χ3v) is 4.40. The van der Waals surface area contributed by atoms with E-state index in [9.17, 15) is 8.42 Å². The van der Waals surface area contributed by atoms with Gasteiger partial charge in [-0.2, -0.15) is 0 Å². The summed E-state index contributed by atoms with van der Waals surface area (Å²) < 4.78 is 26.4. The van der Waals surface area contributed by atoms with Crippen LogP contribution in [-0.2, 0) is 10.0 Å². The van der Waals surface area contributed by atoms with Gasteiger partial charge in [0.15, 0.2) is 0 Å². The molecule has 0 spiro atoms. The van der Waals surface area contributed by atoms with Crippen LogP contribution < -0.4 is 4.72 Å². The van der Waals surface area contributed by atoms with Crippen molar-refractivity contribution in [2.45, 2.75) is 24.3 Å². The highest BCUT2D eigenvalue weighted by atomic mass is 35.5. The van der Waals surface area contributed by atoms with Crippen molar-refractivity contribution in [1.82, 2.24) is 4.72 Å². The summed E-state index contributed by atoms with van der Waals surface area (Å²) in [6, 6.07) is 4.17. The highest BCUT2D eigenvalue weighted by molar-refractivity contribution is 7.89. The molecule has 0 saturated heterocycles. The molecule has 0 heterocycles. The van der Waals surface area contributed by atoms with E-state index in [1.165, 1.54) is 18.2 Å². The molecular formula is C10H13Cl2NO3S. The van der Waals surface area contributed by atoms with Crippen LogP contribution in [0.25, 0.3) is 0 Å². The van der Waals surface area contributed by atoms with Gasteiger partial charge in [-0.3, -0.25) is 0 Å². The van der Waals surface area contributed by atoms with Crippen molar-refractivity contribution in [1.29, 1.82) is 0 Å². The summed E-state index contributed by atoms with van der Waals surface area (Å²) in [4.78, 5) is -0.104. The normalized spacial score (nSPS) is 12.8. The fourth-order valence-corrected chi connectivity index (χ4v) is 3.30. The van der Waals surface area contributed by atoms with E-state index in [0.717, 1.165) is 0 Å². The van der Waals surface area contributed by atoms with Gasteiger partial charge in [0.05, 0.1) is 17.2 Å². The quantitative estimate of drug-likeness (QED) is 0.894. The number of rotatable bonds is 4. The summed E-state index contributed by atoms with van der Waals surface area (Å²) in [5.41, 5.74) is -0.968. The third kappa shape index (κ3) is 3.82. The van der Waals surface area contributed by atoms with Crippen molar-refractivity contribution < 1.29 is 13.5 Å². The van der Waals surface area contributed by atoms with Crippen LogP contribution in [0.4, 0.5) is 0 Å². The Bertz CT molecular complexity index is 514. The van der Waals surface area contributed by atoms with Gasteiger partial charge >= 0.3 is 0 Å². The second-order valence-corrected chi connectivity index (χ2v) is 6.72. The van der Waals surface area contributed by atoms with Crippen LogP contribution in [0.1, 0.15) is 13.8 Å². The smallest absolute Gasteiger partial charge is 0.242 e. The molecule has 7 heteroatoms. The Kier molecular flexibility index (Phi) is 4.43. The van der Waals surface area contributed by atoms with Crippen LogP contribution >= 0.6 is 23.2 Å². The molecule has 0 aliphatic rings. The highest BCUT2D eigenvalue weighted by Gasteiger charge is 2.27. The van der Waals surface area contributed by atoms with Crippen LogP contribution in [0.3, 0.4) is 0 Å². The molecule has 17 heavy (non-hydrogen) atoms. The average molecular weight is 298 g/mol. The van der Waals surface area contributed by atoms with E-state index in [1.54, 1.807) is 13.8 Å². The molecule has 96 valence electrons. The lowest BCUT2D eigenvalue weighted by molar-refractivity contribution is 0.208. The number of hydrogen-bond donors (Lipinski definition) is 2. The monoisotopic (exact) mass is 297 g/mol. The van der Waals surface area contributed by atoms with Crippen LogP contribution in [0.5, 0.6) is 0 Å². The van der Waals surface area contributed by atoms with Gasteiger partial charge in [0.25, 0.3) is 0 Å². The molecule has 2 N–H and O–H groups in total. The molecule has 0 saturated carbocycles. The first kappa shape index (κ1) is 14.7. The Morgan fingerprint density at radius 2 is 1.94 bits per heavy atom. The van der Waals surface area contributed by atoms with Crippen molar-refractivity contribution >= 4 is 33.2 Å². The van der Waals surface area contributed by atoms with Crippen LogP contribution in [-0.4, -0.2) is 25.7 Å². The summed E-state index contributed by atoms with van der Waals surface area (Å²) >= 11 is 11.5. The predicted octanol–water partition coefficient (Wildman–Crippen LogP) is 2.04. The molecule has 0 unspecified atom stereocenters. The van der Waals surface area contributed by atoms with Gasteiger partial charge in [-0.1, -0.05) is 23.2 Å². The molecule has 0 radical (unpaired) electrons. The second kappa shape index (κ2) is 5.12. The summed E-state index contributed by atoms with van der Waals surface area (Å²) in [6.45, 7) is 2.79. The first-order valence-electron chi connectivity index (χ1n) is 4.78. The maximum Gasteiger partial charge on any atom is 0.242 e. The molecule has 0 atom stereocenters. The Hall–Kier alpha value is -0.330. The zero-order chi connectivity index (χ0) is 13.3. The van der Waals surface area contributed by atoms with E-state index >= 15 is 0 Å². The fourth-order valence-electron chi connectivity index (χ4n) is 1.13. The van der Waals surface area contributed by atoms with Crippen molar-refractivity contribution in [3.63, 3.8) is 0 Å². The molecule has 0 fully saturated rings. The average Bonchev–Trinajstić information content (AvgIpc) is 2.20. The fraction of sp³-hybridized carbons (Fsp3) is 0.400. The molecule has 1 aromatic carbocycles. The Morgan fingerprint density at radius 1 is 1.35 bits per heavy atom. The standard InChI is InChI=1S/C10H13Cl2NO3S/c1-10(2,6-14)13-17(15,16)9-5-7(11)3-4-8(9)12/h3-5,13-14H,6H2,1-2H3. The summed E-state index contributed by atoms with van der Waals surface area (Å²) in [5, 5.41) is 9.40. The van der Waals surface area contributed by atoms with Crippen molar-refractivity contribution in [2.24, 2.45) is 0 Å². The van der Waals surface area contributed by atoms with Gasteiger partial charge in [0.1, 0.15) is 4.90 Å². The Morgan fingerprint density at radius 3 is 2.47 bits per heavy atom. The molecule has 0 aliphatic carbocycles. The van der Waals surface area contributed by atoms with Gasteiger partial charge < -0.3 is 5.11 Å². The van der Waals surface area contributed by atoms with E-state index in [1.807, 2.05) is 0 Å². The Labute approximate surface area is 111 Å². The summed E-state index contributed by atoms with van der Waals surface area (Å²) in [7, 11) is -3.81. The van der Waals surface area contributed by atoms with E-state index in [2.05, 4.69) is 4.72 Å². The third-order valence-electron chi connectivity index (χ3n) is 1.99. The number of aliphatic hydroxyl groups excluding tert-OH is 1. The SMILES string of the molecule is CC(C)(CO)NS(=O)(=O)c1cc(Cl)ccc1Cl. The van der Waals surface area contributed by atoms with Gasteiger partial charge in [-0.05, 0) is 32.0 Å². The maximum absolute atomic E-state index is 12.0. The van der Waals surface area contributed by atoms with Crippen LogP contribution in [0.2, 0.25) is 10.0 Å². The predicted molar refractivity (Wildman–Crippen MR) is 67.9 cm³/mol. The minimum atomic E-state index is -3.81. The summed E-state index contributed by atoms with van der Waals surface area (Å²) in [6.07, 6.45) is 0. The number of halogens is 2. The molecule has 1 aromatic rings. The lowest BCUT2D eigenvalue weighted by Gasteiger charge is -2.23. The molecule has 0 aliphatic heterocycles. The van der Waals surface area contributed by atoms with Gasteiger partial charge in [-0.25, -0.2) is 13.1 Å². The van der Waals surface area contributed by atoms with Gasteiger partial charge in [0.2, 0.25) is 10.0 Å². The van der Waals surface area contributed by atoms with E-state index < -0.39 is 15.6 Å².